The molecule has 0 saturated carbocycles. The van der Waals surface area contributed by atoms with E-state index in [9.17, 15) is 0 Å². The maximum atomic E-state index is 5.86. The van der Waals surface area contributed by atoms with E-state index in [1.807, 2.05) is 26.8 Å². The van der Waals surface area contributed by atoms with Crippen LogP contribution in [-0.2, 0) is 24.4 Å². The summed E-state index contributed by atoms with van der Waals surface area (Å²) in [4.78, 5) is 9.05. The van der Waals surface area contributed by atoms with Crippen molar-refractivity contribution in [2.45, 2.75) is 66.8 Å². The van der Waals surface area contributed by atoms with Crippen LogP contribution in [0.5, 0.6) is 0 Å². The van der Waals surface area contributed by atoms with Gasteiger partial charge in [0.25, 0.3) is 0 Å². The molecule has 2 N–H and O–H groups in total. The quantitative estimate of drug-likeness (QED) is 0.570. The molecule has 0 fully saturated rings. The second kappa shape index (κ2) is 9.55. The lowest BCUT2D eigenvalue weighted by molar-refractivity contribution is -0.0149. The molecule has 0 amide bonds. The molecule has 6 nitrogen and oxygen atoms in total. The molecule has 6 heteroatoms. The van der Waals surface area contributed by atoms with Crippen molar-refractivity contribution in [2.75, 3.05) is 6.54 Å². The number of aliphatic imine (C=N–C) groups is 1. The zero-order valence-corrected chi connectivity index (χ0v) is 17.3. The van der Waals surface area contributed by atoms with E-state index >= 15 is 0 Å². The smallest absolute Gasteiger partial charge is 0.214 e. The standard InChI is InChI=1S/C21H32N4O2/c1-7-22-20(24-13-19-25-15(2)16(3)27-19)23-12-17-9-8-10-18(11-17)14-26-21(4,5)6/h8-11H,7,12-14H2,1-6H3,(H2,22,23,24). The van der Waals surface area contributed by atoms with Gasteiger partial charge in [-0.15, -0.1) is 0 Å². The highest BCUT2D eigenvalue weighted by molar-refractivity contribution is 5.79. The van der Waals surface area contributed by atoms with Gasteiger partial charge in [0.1, 0.15) is 5.76 Å². The van der Waals surface area contributed by atoms with Crippen LogP contribution in [0.25, 0.3) is 0 Å². The summed E-state index contributed by atoms with van der Waals surface area (Å²) in [6, 6.07) is 8.34. The van der Waals surface area contributed by atoms with E-state index in [-0.39, 0.29) is 5.60 Å². The molecule has 0 aliphatic heterocycles. The first-order chi connectivity index (χ1) is 12.8. The molecule has 0 unspecified atom stereocenters. The molecule has 0 radical (unpaired) electrons. The lowest BCUT2D eigenvalue weighted by Crippen LogP contribution is -2.36. The molecular formula is C21H32N4O2. The summed E-state index contributed by atoms with van der Waals surface area (Å²) in [5, 5.41) is 6.51. The molecule has 1 aromatic heterocycles. The highest BCUT2D eigenvalue weighted by atomic mass is 16.5. The van der Waals surface area contributed by atoms with Gasteiger partial charge in [-0.25, -0.2) is 9.98 Å². The van der Waals surface area contributed by atoms with Crippen molar-refractivity contribution in [2.24, 2.45) is 4.99 Å². The third kappa shape index (κ3) is 7.43. The molecule has 0 atom stereocenters. The molecule has 0 aliphatic carbocycles. The summed E-state index contributed by atoms with van der Waals surface area (Å²) in [6.07, 6.45) is 0. The first kappa shape index (κ1) is 21.0. The van der Waals surface area contributed by atoms with Gasteiger partial charge < -0.3 is 19.8 Å². The highest BCUT2D eigenvalue weighted by Crippen LogP contribution is 2.13. The third-order valence-electron chi connectivity index (χ3n) is 3.91. The molecule has 1 aromatic carbocycles. The molecule has 0 aliphatic rings. The van der Waals surface area contributed by atoms with Crippen molar-refractivity contribution in [1.82, 2.24) is 15.6 Å². The molecule has 2 aromatic rings. The summed E-state index contributed by atoms with van der Waals surface area (Å²) >= 11 is 0. The van der Waals surface area contributed by atoms with Crippen molar-refractivity contribution in [3.63, 3.8) is 0 Å². The van der Waals surface area contributed by atoms with Crippen LogP contribution >= 0.6 is 0 Å². The second-order valence-corrected chi connectivity index (χ2v) is 7.52. The fraction of sp³-hybridized carbons (Fsp3) is 0.524. The van der Waals surface area contributed by atoms with Crippen molar-refractivity contribution in [3.05, 3.63) is 52.7 Å². The lowest BCUT2D eigenvalue weighted by atomic mass is 10.1. The Labute approximate surface area is 162 Å². The van der Waals surface area contributed by atoms with Crippen LogP contribution in [0.15, 0.2) is 33.7 Å². The Bertz CT molecular complexity index is 740. The van der Waals surface area contributed by atoms with Crippen LogP contribution in [-0.4, -0.2) is 23.1 Å². The van der Waals surface area contributed by atoms with Gasteiger partial charge >= 0.3 is 0 Å². The molecule has 0 saturated heterocycles. The fourth-order valence-electron chi connectivity index (χ4n) is 2.40. The molecular weight excluding hydrogens is 340 g/mol. The maximum Gasteiger partial charge on any atom is 0.214 e. The topological polar surface area (TPSA) is 71.7 Å². The molecule has 2 rings (SSSR count). The normalized spacial score (nSPS) is 12.3. The molecule has 27 heavy (non-hydrogen) atoms. The van der Waals surface area contributed by atoms with Gasteiger partial charge in [-0.05, 0) is 52.7 Å². The summed E-state index contributed by atoms with van der Waals surface area (Å²) in [5.41, 5.74) is 3.07. The number of hydrogen-bond donors (Lipinski definition) is 2. The number of nitrogens with one attached hydrogen (secondary N) is 2. The number of ether oxygens (including phenoxy) is 1. The van der Waals surface area contributed by atoms with Crippen LogP contribution in [0.1, 0.15) is 56.2 Å². The number of nitrogens with zero attached hydrogens (tertiary/aromatic N) is 2. The van der Waals surface area contributed by atoms with Gasteiger partial charge in [-0.1, -0.05) is 24.3 Å². The minimum Gasteiger partial charge on any atom is -0.444 e. The summed E-state index contributed by atoms with van der Waals surface area (Å²) in [6.45, 7) is 14.6. The van der Waals surface area contributed by atoms with Gasteiger partial charge in [-0.2, -0.15) is 0 Å². The minimum absolute atomic E-state index is 0.146. The maximum absolute atomic E-state index is 5.86. The number of aromatic nitrogens is 1. The Morgan fingerprint density at radius 1 is 1.19 bits per heavy atom. The largest absolute Gasteiger partial charge is 0.444 e. The second-order valence-electron chi connectivity index (χ2n) is 7.52. The third-order valence-corrected chi connectivity index (χ3v) is 3.91. The number of hydrogen-bond acceptors (Lipinski definition) is 4. The van der Waals surface area contributed by atoms with Gasteiger partial charge in [-0.3, -0.25) is 0 Å². The average Bonchev–Trinajstić information content (AvgIpc) is 2.93. The number of benzene rings is 1. The Morgan fingerprint density at radius 3 is 2.56 bits per heavy atom. The zero-order valence-electron chi connectivity index (χ0n) is 17.3. The van der Waals surface area contributed by atoms with Crippen molar-refractivity contribution >= 4 is 5.96 Å². The number of aryl methyl sites for hydroxylation is 2. The van der Waals surface area contributed by atoms with Crippen LogP contribution in [0.2, 0.25) is 0 Å². The predicted octanol–water partition coefficient (Wildman–Crippen LogP) is 3.86. The number of oxazole rings is 1. The van der Waals surface area contributed by atoms with E-state index in [4.69, 9.17) is 9.15 Å². The van der Waals surface area contributed by atoms with E-state index in [2.05, 4.69) is 59.6 Å². The van der Waals surface area contributed by atoms with E-state index in [1.54, 1.807) is 0 Å². The van der Waals surface area contributed by atoms with Crippen LogP contribution in [0.4, 0.5) is 0 Å². The van der Waals surface area contributed by atoms with Crippen molar-refractivity contribution in [3.8, 4) is 0 Å². The monoisotopic (exact) mass is 372 g/mol. The number of guanidine groups is 1. The average molecular weight is 373 g/mol. The van der Waals surface area contributed by atoms with Gasteiger partial charge in [0.05, 0.1) is 31.0 Å². The number of rotatable bonds is 7. The first-order valence-electron chi connectivity index (χ1n) is 9.43. The fourth-order valence-corrected chi connectivity index (χ4v) is 2.40. The van der Waals surface area contributed by atoms with Crippen LogP contribution in [0.3, 0.4) is 0 Å². The molecule has 148 valence electrons. The Hall–Kier alpha value is -2.34. The predicted molar refractivity (Wildman–Crippen MR) is 109 cm³/mol. The summed E-state index contributed by atoms with van der Waals surface area (Å²) < 4.78 is 11.5. The van der Waals surface area contributed by atoms with Crippen molar-refractivity contribution in [1.29, 1.82) is 0 Å². The zero-order chi connectivity index (χ0) is 19.9. The Morgan fingerprint density at radius 2 is 1.93 bits per heavy atom. The van der Waals surface area contributed by atoms with E-state index < -0.39 is 0 Å². The van der Waals surface area contributed by atoms with E-state index in [0.717, 1.165) is 35.1 Å². The van der Waals surface area contributed by atoms with E-state index in [1.165, 1.54) is 0 Å². The molecule has 0 bridgehead atoms. The van der Waals surface area contributed by atoms with Gasteiger partial charge in [0.2, 0.25) is 5.89 Å². The lowest BCUT2D eigenvalue weighted by Gasteiger charge is -2.19. The SMILES string of the molecule is CCNC(=NCc1cccc(COC(C)(C)C)c1)NCc1nc(C)c(C)o1. The van der Waals surface area contributed by atoms with Crippen molar-refractivity contribution < 1.29 is 9.15 Å². The minimum atomic E-state index is -0.146. The van der Waals surface area contributed by atoms with Crippen LogP contribution < -0.4 is 10.6 Å². The van der Waals surface area contributed by atoms with Gasteiger partial charge in [0.15, 0.2) is 5.96 Å². The summed E-state index contributed by atoms with van der Waals surface area (Å²) in [5.74, 6) is 2.25. The first-order valence-corrected chi connectivity index (χ1v) is 9.43. The summed E-state index contributed by atoms with van der Waals surface area (Å²) in [7, 11) is 0. The van der Waals surface area contributed by atoms with Gasteiger partial charge in [0, 0.05) is 6.54 Å². The Balaban J connectivity index is 1.97. The molecule has 0 spiro atoms. The van der Waals surface area contributed by atoms with E-state index in [0.29, 0.717) is 25.6 Å². The van der Waals surface area contributed by atoms with Crippen LogP contribution in [0, 0.1) is 13.8 Å². The molecule has 1 heterocycles. The highest BCUT2D eigenvalue weighted by Gasteiger charge is 2.10. The Kier molecular flexibility index (Phi) is 7.42.